The highest BCUT2D eigenvalue weighted by Crippen LogP contribution is 2.34. The Kier molecular flexibility index (Phi) is 4.05. The fourth-order valence-electron chi connectivity index (χ4n) is 3.20. The Morgan fingerprint density at radius 1 is 0.920 bits per heavy atom. The first-order valence-electron chi connectivity index (χ1n) is 8.25. The van der Waals surface area contributed by atoms with Gasteiger partial charge in [0.25, 0.3) is 0 Å². The van der Waals surface area contributed by atoms with Crippen molar-refractivity contribution in [3.63, 3.8) is 0 Å². The molecule has 2 aromatic rings. The summed E-state index contributed by atoms with van der Waals surface area (Å²) in [4.78, 5) is 2.47. The molecule has 0 saturated carbocycles. The lowest BCUT2D eigenvalue weighted by atomic mass is 10.2. The molecular formula is C18H20N2O4S. The molecule has 0 bridgehead atoms. The van der Waals surface area contributed by atoms with Crippen molar-refractivity contribution in [1.82, 2.24) is 4.31 Å². The molecule has 0 spiro atoms. The SMILES string of the molecule is Cc1cccc(N2CCN(S(=O)(=O)c3ccc4c(c3)OCO4)CC2)c1. The van der Waals surface area contributed by atoms with E-state index >= 15 is 0 Å². The zero-order valence-electron chi connectivity index (χ0n) is 14.0. The number of nitrogens with zero attached hydrogens (tertiary/aromatic N) is 2. The lowest BCUT2D eigenvalue weighted by molar-refractivity contribution is 0.174. The van der Waals surface area contributed by atoms with Crippen molar-refractivity contribution in [1.29, 1.82) is 0 Å². The summed E-state index contributed by atoms with van der Waals surface area (Å²) in [5.74, 6) is 1.07. The van der Waals surface area contributed by atoms with Crippen LogP contribution in [-0.2, 0) is 10.0 Å². The molecule has 0 N–H and O–H groups in total. The van der Waals surface area contributed by atoms with Gasteiger partial charge in [0.2, 0.25) is 16.8 Å². The molecule has 1 saturated heterocycles. The molecule has 6 nitrogen and oxygen atoms in total. The van der Waals surface area contributed by atoms with Gasteiger partial charge in [0.05, 0.1) is 4.90 Å². The van der Waals surface area contributed by atoms with Gasteiger partial charge in [-0.3, -0.25) is 0 Å². The summed E-state index contributed by atoms with van der Waals surface area (Å²) in [6.07, 6.45) is 0. The zero-order chi connectivity index (χ0) is 17.4. The predicted molar refractivity (Wildman–Crippen MR) is 94.7 cm³/mol. The third-order valence-corrected chi connectivity index (χ3v) is 6.48. The van der Waals surface area contributed by atoms with Crippen LogP contribution in [0.3, 0.4) is 0 Å². The second kappa shape index (κ2) is 6.24. The van der Waals surface area contributed by atoms with Crippen LogP contribution in [0.25, 0.3) is 0 Å². The first-order chi connectivity index (χ1) is 12.0. The number of fused-ring (bicyclic) bond motifs is 1. The standard InChI is InChI=1S/C18H20N2O4S/c1-14-3-2-4-15(11-14)19-7-9-20(10-8-19)25(21,22)16-5-6-17-18(12-16)24-13-23-17/h2-6,11-12H,7-10,13H2,1H3. The van der Waals surface area contributed by atoms with Gasteiger partial charge in [0.15, 0.2) is 11.5 Å². The van der Waals surface area contributed by atoms with Gasteiger partial charge in [-0.2, -0.15) is 4.31 Å². The molecule has 2 aliphatic rings. The smallest absolute Gasteiger partial charge is 0.243 e. The highest BCUT2D eigenvalue weighted by atomic mass is 32.2. The lowest BCUT2D eigenvalue weighted by Crippen LogP contribution is -2.48. The predicted octanol–water partition coefficient (Wildman–Crippen LogP) is 2.23. The second-order valence-electron chi connectivity index (χ2n) is 6.25. The molecule has 2 aliphatic heterocycles. The number of piperazine rings is 1. The maximum atomic E-state index is 12.9. The van der Waals surface area contributed by atoms with E-state index in [1.165, 1.54) is 9.87 Å². The fourth-order valence-corrected chi connectivity index (χ4v) is 4.64. The van der Waals surface area contributed by atoms with E-state index in [1.54, 1.807) is 18.2 Å². The number of benzene rings is 2. The summed E-state index contributed by atoms with van der Waals surface area (Å²) in [5.41, 5.74) is 2.34. The Morgan fingerprint density at radius 2 is 1.68 bits per heavy atom. The van der Waals surface area contributed by atoms with Crippen LogP contribution < -0.4 is 14.4 Å². The van der Waals surface area contributed by atoms with Crippen molar-refractivity contribution in [3.05, 3.63) is 48.0 Å². The van der Waals surface area contributed by atoms with E-state index in [0.717, 1.165) is 5.69 Å². The molecule has 0 amide bonds. The van der Waals surface area contributed by atoms with Gasteiger partial charge < -0.3 is 14.4 Å². The quantitative estimate of drug-likeness (QED) is 0.840. The Hall–Kier alpha value is -2.25. The molecule has 0 aliphatic carbocycles. The molecule has 0 atom stereocenters. The first kappa shape index (κ1) is 16.2. The fraction of sp³-hybridized carbons (Fsp3) is 0.333. The zero-order valence-corrected chi connectivity index (χ0v) is 14.8. The Bertz CT molecular complexity index is 890. The van der Waals surface area contributed by atoms with Crippen LogP contribution in [-0.4, -0.2) is 45.7 Å². The number of ether oxygens (including phenoxy) is 2. The van der Waals surface area contributed by atoms with Crippen LogP contribution in [0.2, 0.25) is 0 Å². The van der Waals surface area contributed by atoms with E-state index in [4.69, 9.17) is 9.47 Å². The number of aryl methyl sites for hydroxylation is 1. The monoisotopic (exact) mass is 360 g/mol. The summed E-state index contributed by atoms with van der Waals surface area (Å²) in [6.45, 7) is 4.47. The average Bonchev–Trinajstić information content (AvgIpc) is 3.09. The van der Waals surface area contributed by atoms with E-state index in [9.17, 15) is 8.42 Å². The van der Waals surface area contributed by atoms with E-state index in [1.807, 2.05) is 6.07 Å². The van der Waals surface area contributed by atoms with Crippen LogP contribution in [0.4, 0.5) is 5.69 Å². The van der Waals surface area contributed by atoms with Crippen molar-refractivity contribution in [2.45, 2.75) is 11.8 Å². The number of hydrogen-bond donors (Lipinski definition) is 0. The highest BCUT2D eigenvalue weighted by Gasteiger charge is 2.30. The minimum atomic E-state index is -3.53. The molecule has 2 aromatic carbocycles. The molecule has 0 unspecified atom stereocenters. The van der Waals surface area contributed by atoms with Gasteiger partial charge in [0, 0.05) is 37.9 Å². The van der Waals surface area contributed by atoms with E-state index in [-0.39, 0.29) is 11.7 Å². The molecule has 132 valence electrons. The first-order valence-corrected chi connectivity index (χ1v) is 9.69. The molecular weight excluding hydrogens is 340 g/mol. The summed E-state index contributed by atoms with van der Waals surface area (Å²) in [6, 6.07) is 13.1. The van der Waals surface area contributed by atoms with Gasteiger partial charge in [0.1, 0.15) is 0 Å². The number of rotatable bonds is 3. The van der Waals surface area contributed by atoms with Gasteiger partial charge >= 0.3 is 0 Å². The Balaban J connectivity index is 1.50. The molecule has 1 fully saturated rings. The third kappa shape index (κ3) is 3.05. The molecule has 0 aromatic heterocycles. The number of anilines is 1. The average molecular weight is 360 g/mol. The van der Waals surface area contributed by atoms with Crippen LogP contribution in [0.15, 0.2) is 47.4 Å². The maximum Gasteiger partial charge on any atom is 0.243 e. The van der Waals surface area contributed by atoms with Gasteiger partial charge in [-0.15, -0.1) is 0 Å². The molecule has 2 heterocycles. The van der Waals surface area contributed by atoms with Crippen LogP contribution in [0.5, 0.6) is 11.5 Å². The maximum absolute atomic E-state index is 12.9. The minimum Gasteiger partial charge on any atom is -0.454 e. The summed E-state index contributed by atoms with van der Waals surface area (Å²) in [7, 11) is -3.53. The van der Waals surface area contributed by atoms with E-state index in [2.05, 4.69) is 30.0 Å². The molecule has 25 heavy (non-hydrogen) atoms. The summed E-state index contributed by atoms with van der Waals surface area (Å²) >= 11 is 0. The van der Waals surface area contributed by atoms with Gasteiger partial charge in [-0.1, -0.05) is 12.1 Å². The van der Waals surface area contributed by atoms with E-state index in [0.29, 0.717) is 37.7 Å². The van der Waals surface area contributed by atoms with Gasteiger partial charge in [-0.05, 0) is 36.8 Å². The molecule has 7 heteroatoms. The number of hydrogen-bond acceptors (Lipinski definition) is 5. The van der Waals surface area contributed by atoms with Crippen LogP contribution >= 0.6 is 0 Å². The van der Waals surface area contributed by atoms with Gasteiger partial charge in [-0.25, -0.2) is 8.42 Å². The summed E-state index contributed by atoms with van der Waals surface area (Å²) in [5, 5.41) is 0. The molecule has 0 radical (unpaired) electrons. The normalized spacial score (nSPS) is 17.7. The van der Waals surface area contributed by atoms with Crippen molar-refractivity contribution in [2.24, 2.45) is 0 Å². The Morgan fingerprint density at radius 3 is 2.44 bits per heavy atom. The van der Waals surface area contributed by atoms with Crippen molar-refractivity contribution in [2.75, 3.05) is 37.9 Å². The lowest BCUT2D eigenvalue weighted by Gasteiger charge is -2.35. The van der Waals surface area contributed by atoms with Crippen LogP contribution in [0.1, 0.15) is 5.56 Å². The highest BCUT2D eigenvalue weighted by molar-refractivity contribution is 7.89. The third-order valence-electron chi connectivity index (χ3n) is 4.59. The van der Waals surface area contributed by atoms with Crippen molar-refractivity contribution < 1.29 is 17.9 Å². The Labute approximate surface area is 147 Å². The second-order valence-corrected chi connectivity index (χ2v) is 8.18. The largest absolute Gasteiger partial charge is 0.454 e. The van der Waals surface area contributed by atoms with E-state index < -0.39 is 10.0 Å². The minimum absolute atomic E-state index is 0.133. The van der Waals surface area contributed by atoms with Crippen LogP contribution in [0, 0.1) is 6.92 Å². The van der Waals surface area contributed by atoms with Crippen molar-refractivity contribution in [3.8, 4) is 11.5 Å². The topological polar surface area (TPSA) is 59.1 Å². The summed E-state index contributed by atoms with van der Waals surface area (Å²) < 4.78 is 37.9. The molecule has 4 rings (SSSR count). The van der Waals surface area contributed by atoms with Crippen molar-refractivity contribution >= 4 is 15.7 Å². The number of sulfonamides is 1.